The van der Waals surface area contributed by atoms with Crippen molar-refractivity contribution < 1.29 is 20.1 Å². The minimum absolute atomic E-state index is 0.0434. The molecule has 0 aliphatic carbocycles. The van der Waals surface area contributed by atoms with Crippen molar-refractivity contribution in [3.63, 3.8) is 0 Å². The summed E-state index contributed by atoms with van der Waals surface area (Å²) < 4.78 is 0. The summed E-state index contributed by atoms with van der Waals surface area (Å²) in [5, 5.41) is 33.6. The van der Waals surface area contributed by atoms with Gasteiger partial charge in [0, 0.05) is 0 Å². The van der Waals surface area contributed by atoms with Gasteiger partial charge in [-0.3, -0.25) is 4.79 Å². The van der Waals surface area contributed by atoms with Crippen molar-refractivity contribution in [1.29, 1.82) is 0 Å². The highest BCUT2D eigenvalue weighted by molar-refractivity contribution is 5.76. The van der Waals surface area contributed by atoms with Gasteiger partial charge in [0.15, 0.2) is 0 Å². The van der Waals surface area contributed by atoms with Gasteiger partial charge in [0.2, 0.25) is 5.91 Å². The molecule has 0 aromatic carbocycles. The molecule has 342 valence electrons. The first-order valence-corrected chi connectivity index (χ1v) is 26.3. The van der Waals surface area contributed by atoms with Gasteiger partial charge in [-0.05, 0) is 12.8 Å². The van der Waals surface area contributed by atoms with Gasteiger partial charge in [-0.25, -0.2) is 0 Å². The molecule has 0 saturated heterocycles. The van der Waals surface area contributed by atoms with Gasteiger partial charge in [0.05, 0.1) is 31.3 Å². The molecule has 0 aromatic rings. The SMILES string of the molecule is CCCCCCCCCCCCCCCCCCCCCCCCC(O)C(CO)NC(=O)CC(O)CCCCCCCCCCCCCCCCCCCCCC. The van der Waals surface area contributed by atoms with Crippen LogP contribution in [0.1, 0.15) is 303 Å². The lowest BCUT2D eigenvalue weighted by Gasteiger charge is -2.23. The lowest BCUT2D eigenvalue weighted by molar-refractivity contribution is -0.125. The van der Waals surface area contributed by atoms with E-state index in [1.807, 2.05) is 0 Å². The number of carbonyl (C=O) groups excluding carboxylic acids is 1. The first-order chi connectivity index (χ1) is 28.0. The molecule has 0 heterocycles. The molecule has 0 aliphatic heterocycles. The third kappa shape index (κ3) is 44.7. The summed E-state index contributed by atoms with van der Waals surface area (Å²) in [6.45, 7) is 4.30. The van der Waals surface area contributed by atoms with E-state index in [0.29, 0.717) is 12.8 Å². The van der Waals surface area contributed by atoms with E-state index in [1.54, 1.807) is 0 Å². The van der Waals surface area contributed by atoms with E-state index in [9.17, 15) is 20.1 Å². The second-order valence-corrected chi connectivity index (χ2v) is 18.5. The van der Waals surface area contributed by atoms with E-state index in [0.717, 1.165) is 25.7 Å². The van der Waals surface area contributed by atoms with E-state index in [1.165, 1.54) is 244 Å². The Morgan fingerprint density at radius 1 is 0.368 bits per heavy atom. The zero-order valence-electron chi connectivity index (χ0n) is 39.0. The average Bonchev–Trinajstić information content (AvgIpc) is 3.20. The Morgan fingerprint density at radius 2 is 0.596 bits per heavy atom. The topological polar surface area (TPSA) is 89.8 Å². The van der Waals surface area contributed by atoms with Crippen LogP contribution in [0.4, 0.5) is 0 Å². The van der Waals surface area contributed by atoms with Crippen LogP contribution >= 0.6 is 0 Å². The maximum absolute atomic E-state index is 12.5. The summed E-state index contributed by atoms with van der Waals surface area (Å²) in [5.41, 5.74) is 0. The summed E-state index contributed by atoms with van der Waals surface area (Å²) in [5.74, 6) is -0.275. The molecule has 0 aromatic heterocycles. The molecular formula is C52H105NO4. The third-order valence-corrected chi connectivity index (χ3v) is 12.7. The molecule has 5 heteroatoms. The Labute approximate surface area is 357 Å². The maximum Gasteiger partial charge on any atom is 0.222 e. The Balaban J connectivity index is 3.52. The fourth-order valence-electron chi connectivity index (χ4n) is 8.64. The second-order valence-electron chi connectivity index (χ2n) is 18.5. The number of rotatable bonds is 49. The number of carbonyl (C=O) groups is 1. The van der Waals surface area contributed by atoms with Crippen molar-refractivity contribution in [3.05, 3.63) is 0 Å². The monoisotopic (exact) mass is 808 g/mol. The van der Waals surface area contributed by atoms with Crippen LogP contribution in [0.5, 0.6) is 0 Å². The number of unbranched alkanes of at least 4 members (excludes halogenated alkanes) is 40. The molecule has 0 spiro atoms. The third-order valence-electron chi connectivity index (χ3n) is 12.7. The predicted molar refractivity (Wildman–Crippen MR) is 250 cm³/mol. The summed E-state index contributed by atoms with van der Waals surface area (Å²) in [4.78, 5) is 12.5. The van der Waals surface area contributed by atoms with Crippen LogP contribution in [0.3, 0.4) is 0 Å². The van der Waals surface area contributed by atoms with Gasteiger partial charge in [-0.15, -0.1) is 0 Å². The molecule has 0 bridgehead atoms. The van der Waals surface area contributed by atoms with E-state index < -0.39 is 18.2 Å². The first-order valence-electron chi connectivity index (χ1n) is 26.3. The van der Waals surface area contributed by atoms with Crippen LogP contribution in [0.15, 0.2) is 0 Å². The van der Waals surface area contributed by atoms with Gasteiger partial charge in [0.1, 0.15) is 0 Å². The fourth-order valence-corrected chi connectivity index (χ4v) is 8.64. The Morgan fingerprint density at radius 3 is 0.842 bits per heavy atom. The van der Waals surface area contributed by atoms with Crippen molar-refractivity contribution in [2.75, 3.05) is 6.61 Å². The number of aliphatic hydroxyl groups excluding tert-OH is 3. The smallest absolute Gasteiger partial charge is 0.222 e. The van der Waals surface area contributed by atoms with Crippen LogP contribution in [-0.4, -0.2) is 46.1 Å². The molecule has 0 rings (SSSR count). The van der Waals surface area contributed by atoms with Crippen LogP contribution in [0.25, 0.3) is 0 Å². The second kappa shape index (κ2) is 48.0. The van der Waals surface area contributed by atoms with Crippen molar-refractivity contribution in [1.82, 2.24) is 5.32 Å². The summed E-state index contributed by atoms with van der Waals surface area (Å²) in [7, 11) is 0. The Bertz CT molecular complexity index is 762. The molecule has 0 fully saturated rings. The molecule has 0 saturated carbocycles. The average molecular weight is 808 g/mol. The highest BCUT2D eigenvalue weighted by Crippen LogP contribution is 2.18. The molecule has 0 aliphatic rings. The zero-order chi connectivity index (χ0) is 41.5. The number of amides is 1. The quantitative estimate of drug-likeness (QED) is 0.0461. The standard InChI is InChI=1S/C52H105NO4/c1-3-5-7-9-11-13-15-17-19-21-23-25-26-28-30-32-34-36-38-40-42-44-46-51(56)50(48-54)53-52(57)47-49(55)45-43-41-39-37-35-33-31-29-27-24-22-20-18-16-14-12-10-8-6-4-2/h49-51,54-56H,3-48H2,1-2H3,(H,53,57). The van der Waals surface area contributed by atoms with Gasteiger partial charge >= 0.3 is 0 Å². The van der Waals surface area contributed by atoms with Gasteiger partial charge in [-0.1, -0.05) is 284 Å². The molecular weight excluding hydrogens is 703 g/mol. The largest absolute Gasteiger partial charge is 0.394 e. The van der Waals surface area contributed by atoms with E-state index in [-0.39, 0.29) is 18.9 Å². The molecule has 3 unspecified atom stereocenters. The van der Waals surface area contributed by atoms with Crippen LogP contribution in [0.2, 0.25) is 0 Å². The lowest BCUT2D eigenvalue weighted by atomic mass is 10.0. The van der Waals surface area contributed by atoms with Gasteiger partial charge in [0.25, 0.3) is 0 Å². The molecule has 1 amide bonds. The van der Waals surface area contributed by atoms with E-state index in [2.05, 4.69) is 19.2 Å². The van der Waals surface area contributed by atoms with Crippen LogP contribution < -0.4 is 5.32 Å². The van der Waals surface area contributed by atoms with Crippen LogP contribution in [-0.2, 0) is 4.79 Å². The van der Waals surface area contributed by atoms with Gasteiger partial charge < -0.3 is 20.6 Å². The van der Waals surface area contributed by atoms with Crippen molar-refractivity contribution >= 4 is 5.91 Å². The molecule has 0 radical (unpaired) electrons. The fraction of sp³-hybridized carbons (Fsp3) is 0.981. The van der Waals surface area contributed by atoms with E-state index in [4.69, 9.17) is 0 Å². The van der Waals surface area contributed by atoms with Crippen molar-refractivity contribution in [2.45, 2.75) is 321 Å². The highest BCUT2D eigenvalue weighted by atomic mass is 16.3. The highest BCUT2D eigenvalue weighted by Gasteiger charge is 2.21. The number of aliphatic hydroxyl groups is 3. The number of hydrogen-bond acceptors (Lipinski definition) is 4. The normalized spacial score (nSPS) is 13.3. The Hall–Kier alpha value is -0.650. The first kappa shape index (κ1) is 56.4. The number of nitrogens with one attached hydrogen (secondary N) is 1. The molecule has 3 atom stereocenters. The predicted octanol–water partition coefficient (Wildman–Crippen LogP) is 15.8. The molecule has 57 heavy (non-hydrogen) atoms. The summed E-state index contributed by atoms with van der Waals surface area (Å²) >= 11 is 0. The minimum Gasteiger partial charge on any atom is -0.394 e. The number of hydrogen-bond donors (Lipinski definition) is 4. The van der Waals surface area contributed by atoms with Gasteiger partial charge in [-0.2, -0.15) is 0 Å². The van der Waals surface area contributed by atoms with Crippen molar-refractivity contribution in [2.24, 2.45) is 0 Å². The van der Waals surface area contributed by atoms with E-state index >= 15 is 0 Å². The zero-order valence-corrected chi connectivity index (χ0v) is 39.0. The van der Waals surface area contributed by atoms with Crippen molar-refractivity contribution in [3.8, 4) is 0 Å². The summed E-state index contributed by atoms with van der Waals surface area (Å²) in [6, 6.07) is -0.653. The Kier molecular flexibility index (Phi) is 47.5. The molecule has 4 N–H and O–H groups in total. The lowest BCUT2D eigenvalue weighted by Crippen LogP contribution is -2.46. The minimum atomic E-state index is -0.745. The van der Waals surface area contributed by atoms with Crippen LogP contribution in [0, 0.1) is 0 Å². The summed E-state index contributed by atoms with van der Waals surface area (Å²) in [6.07, 6.45) is 56.7. The maximum atomic E-state index is 12.5. The molecule has 5 nitrogen and oxygen atoms in total.